The maximum atomic E-state index is 5.18. The summed E-state index contributed by atoms with van der Waals surface area (Å²) < 4.78 is 0. The Labute approximate surface area is 74.9 Å². The van der Waals surface area contributed by atoms with Gasteiger partial charge in [0.1, 0.15) is 0 Å². The zero-order chi connectivity index (χ0) is 9.23. The highest BCUT2D eigenvalue weighted by Crippen LogP contribution is 1.96. The predicted molar refractivity (Wildman–Crippen MR) is 55.4 cm³/mol. The third kappa shape index (κ3) is 5.49. The second-order valence-corrected chi connectivity index (χ2v) is 2.39. The monoisotopic (exact) mass is 161 g/mol. The molecule has 0 aromatic rings. The van der Waals surface area contributed by atoms with Crippen molar-refractivity contribution in [2.75, 3.05) is 6.54 Å². The zero-order valence-electron chi connectivity index (χ0n) is 7.59. The summed E-state index contributed by atoms with van der Waals surface area (Å²) in [4.78, 5) is 4.19. The van der Waals surface area contributed by atoms with Crippen molar-refractivity contribution in [3.63, 3.8) is 0 Å². The van der Waals surface area contributed by atoms with Gasteiger partial charge in [-0.25, -0.2) is 0 Å². The van der Waals surface area contributed by atoms with Crippen LogP contribution in [0.5, 0.6) is 0 Å². The number of hydrogen-bond donors (Lipinski definition) is 0. The molecule has 12 heavy (non-hydrogen) atoms. The summed E-state index contributed by atoms with van der Waals surface area (Å²) in [7, 11) is 0. The first-order chi connectivity index (χ1) is 5.85. The summed E-state index contributed by atoms with van der Waals surface area (Å²) in [6.45, 7) is 6.56. The molecule has 0 radical (unpaired) electrons. The molecular formula is C11H15N. The van der Waals surface area contributed by atoms with Crippen molar-refractivity contribution in [1.82, 2.24) is 0 Å². The number of hydrogen-bond acceptors (Lipinski definition) is 1. The van der Waals surface area contributed by atoms with E-state index in [0.717, 1.165) is 18.5 Å². The van der Waals surface area contributed by atoms with Crippen LogP contribution < -0.4 is 0 Å². The van der Waals surface area contributed by atoms with Crippen LogP contribution in [-0.4, -0.2) is 12.8 Å². The van der Waals surface area contributed by atoms with Crippen molar-refractivity contribution in [3.05, 3.63) is 24.3 Å². The first kappa shape index (κ1) is 10.7. The minimum absolute atomic E-state index is 0.624. The molecule has 0 aliphatic rings. The van der Waals surface area contributed by atoms with E-state index in [1.54, 1.807) is 6.08 Å². The normalized spacial score (nSPS) is 11.5. The average Bonchev–Trinajstić information content (AvgIpc) is 2.06. The number of aliphatic imine (C=N–C) groups is 1. The van der Waals surface area contributed by atoms with E-state index in [1.807, 2.05) is 12.3 Å². The molecule has 0 N–H and O–H groups in total. The number of allylic oxidation sites excluding steroid dienone is 3. The van der Waals surface area contributed by atoms with Crippen LogP contribution in [0.1, 0.15) is 19.8 Å². The number of terminal acetylenes is 1. The number of nitrogens with zero attached hydrogens (tertiary/aromatic N) is 1. The lowest BCUT2D eigenvalue weighted by atomic mass is 10.2. The summed E-state index contributed by atoms with van der Waals surface area (Å²) in [5.41, 5.74) is 1.04. The molecule has 0 aromatic heterocycles. The van der Waals surface area contributed by atoms with Crippen LogP contribution in [0.15, 0.2) is 29.3 Å². The molecule has 0 rings (SSSR count). The van der Waals surface area contributed by atoms with Gasteiger partial charge in [-0.1, -0.05) is 25.7 Å². The van der Waals surface area contributed by atoms with E-state index in [1.165, 1.54) is 0 Å². The molecular weight excluding hydrogens is 146 g/mol. The fourth-order valence-corrected chi connectivity index (χ4v) is 0.728. The van der Waals surface area contributed by atoms with Gasteiger partial charge >= 0.3 is 0 Å². The Bertz CT molecular complexity index is 216. The van der Waals surface area contributed by atoms with Gasteiger partial charge in [-0.15, -0.1) is 12.3 Å². The van der Waals surface area contributed by atoms with Gasteiger partial charge in [0, 0.05) is 19.2 Å². The van der Waals surface area contributed by atoms with Gasteiger partial charge in [0.25, 0.3) is 0 Å². The molecule has 0 fully saturated rings. The van der Waals surface area contributed by atoms with Gasteiger partial charge in [-0.2, -0.15) is 0 Å². The highest BCUT2D eigenvalue weighted by atomic mass is 14.7. The molecule has 0 aliphatic heterocycles. The van der Waals surface area contributed by atoms with E-state index < -0.39 is 0 Å². The fourth-order valence-electron chi connectivity index (χ4n) is 0.728. The summed E-state index contributed by atoms with van der Waals surface area (Å²) in [6, 6.07) is 0. The van der Waals surface area contributed by atoms with Gasteiger partial charge in [-0.3, -0.25) is 4.99 Å². The first-order valence-electron chi connectivity index (χ1n) is 4.10. The van der Waals surface area contributed by atoms with E-state index in [0.29, 0.717) is 6.42 Å². The summed E-state index contributed by atoms with van der Waals surface area (Å²) in [5.74, 6) is 2.57. The van der Waals surface area contributed by atoms with E-state index in [9.17, 15) is 0 Å². The molecule has 0 heterocycles. The lowest BCUT2D eigenvalue weighted by Crippen LogP contribution is -1.85. The maximum absolute atomic E-state index is 5.18. The lowest BCUT2D eigenvalue weighted by Gasteiger charge is -1.92. The molecule has 0 saturated carbocycles. The Hall–Kier alpha value is -1.29. The molecule has 0 aromatic carbocycles. The molecule has 0 atom stereocenters. The molecule has 0 bridgehead atoms. The quantitative estimate of drug-likeness (QED) is 0.334. The van der Waals surface area contributed by atoms with Gasteiger partial charge in [-0.05, 0) is 12.0 Å². The van der Waals surface area contributed by atoms with Crippen LogP contribution in [0.4, 0.5) is 0 Å². The third-order valence-corrected chi connectivity index (χ3v) is 1.25. The fraction of sp³-hybridized carbons (Fsp3) is 0.364. The average molecular weight is 161 g/mol. The van der Waals surface area contributed by atoms with Crippen molar-refractivity contribution in [3.8, 4) is 12.3 Å². The zero-order valence-corrected chi connectivity index (χ0v) is 7.59. The van der Waals surface area contributed by atoms with Crippen LogP contribution in [0.25, 0.3) is 0 Å². The van der Waals surface area contributed by atoms with Crippen LogP contribution in [0.2, 0.25) is 0 Å². The van der Waals surface area contributed by atoms with E-state index >= 15 is 0 Å². The Balaban J connectivity index is 4.05. The molecule has 1 heteroatoms. The second kappa shape index (κ2) is 7.81. The van der Waals surface area contributed by atoms with Gasteiger partial charge < -0.3 is 0 Å². The lowest BCUT2D eigenvalue weighted by molar-refractivity contribution is 0.936. The molecule has 0 saturated heterocycles. The standard InChI is InChI=1S/C11H15N/c1-4-7-11(8-5-2)10-12-9-6-3/h1,5,8,10H,2,6-7,9H2,3H3/b11-8-,12-10-. The maximum Gasteiger partial charge on any atom is 0.0386 e. The third-order valence-electron chi connectivity index (χ3n) is 1.25. The Morgan fingerprint density at radius 1 is 1.67 bits per heavy atom. The van der Waals surface area contributed by atoms with Gasteiger partial charge in [0.15, 0.2) is 0 Å². The highest BCUT2D eigenvalue weighted by Gasteiger charge is 1.86. The molecule has 1 nitrogen and oxygen atoms in total. The van der Waals surface area contributed by atoms with Crippen molar-refractivity contribution in [2.45, 2.75) is 19.8 Å². The second-order valence-electron chi connectivity index (χ2n) is 2.39. The minimum atomic E-state index is 0.624. The first-order valence-corrected chi connectivity index (χ1v) is 4.10. The highest BCUT2D eigenvalue weighted by molar-refractivity contribution is 5.79. The number of rotatable bonds is 5. The minimum Gasteiger partial charge on any atom is -0.293 e. The van der Waals surface area contributed by atoms with Crippen LogP contribution in [0.3, 0.4) is 0 Å². The van der Waals surface area contributed by atoms with Crippen LogP contribution in [0, 0.1) is 12.3 Å². The van der Waals surface area contributed by atoms with Crippen molar-refractivity contribution in [1.29, 1.82) is 0 Å². The largest absolute Gasteiger partial charge is 0.293 e. The van der Waals surface area contributed by atoms with E-state index in [4.69, 9.17) is 6.42 Å². The molecule has 0 unspecified atom stereocenters. The summed E-state index contributed by atoms with van der Waals surface area (Å²) in [5, 5.41) is 0. The van der Waals surface area contributed by atoms with Crippen LogP contribution >= 0.6 is 0 Å². The predicted octanol–water partition coefficient (Wildman–Crippen LogP) is 2.60. The van der Waals surface area contributed by atoms with Crippen molar-refractivity contribution < 1.29 is 0 Å². The van der Waals surface area contributed by atoms with Crippen LogP contribution in [-0.2, 0) is 0 Å². The van der Waals surface area contributed by atoms with Gasteiger partial charge in [0.2, 0.25) is 0 Å². The van der Waals surface area contributed by atoms with Crippen molar-refractivity contribution >= 4 is 6.21 Å². The van der Waals surface area contributed by atoms with E-state index in [-0.39, 0.29) is 0 Å². The Morgan fingerprint density at radius 3 is 2.92 bits per heavy atom. The topological polar surface area (TPSA) is 12.4 Å². The van der Waals surface area contributed by atoms with E-state index in [2.05, 4.69) is 24.4 Å². The molecule has 0 aliphatic carbocycles. The van der Waals surface area contributed by atoms with Gasteiger partial charge in [0.05, 0.1) is 0 Å². The Kier molecular flexibility index (Phi) is 6.97. The SMILES string of the molecule is C#CCC(/C=N\CCC)=C/C=C. The smallest absolute Gasteiger partial charge is 0.0386 e. The summed E-state index contributed by atoms with van der Waals surface area (Å²) in [6.07, 6.45) is 12.3. The molecule has 0 amide bonds. The summed E-state index contributed by atoms with van der Waals surface area (Å²) >= 11 is 0. The van der Waals surface area contributed by atoms with Crippen molar-refractivity contribution in [2.24, 2.45) is 4.99 Å². The molecule has 64 valence electrons. The Morgan fingerprint density at radius 2 is 2.42 bits per heavy atom. The molecule has 0 spiro atoms.